The highest BCUT2D eigenvalue weighted by Gasteiger charge is 2.29. The molecule has 0 aromatic carbocycles. The van der Waals surface area contributed by atoms with Crippen LogP contribution in [0.4, 0.5) is 4.79 Å². The van der Waals surface area contributed by atoms with Gasteiger partial charge in [0.2, 0.25) is 0 Å². The van der Waals surface area contributed by atoms with Gasteiger partial charge in [-0.1, -0.05) is 19.3 Å². The molecular formula is C15H29N3O. The van der Waals surface area contributed by atoms with Crippen LogP contribution < -0.4 is 10.6 Å². The van der Waals surface area contributed by atoms with Gasteiger partial charge in [0.15, 0.2) is 0 Å². The molecule has 2 amide bonds. The van der Waals surface area contributed by atoms with E-state index in [1.165, 1.54) is 45.2 Å². The van der Waals surface area contributed by atoms with Crippen molar-refractivity contribution in [3.8, 4) is 0 Å². The lowest BCUT2D eigenvalue weighted by Gasteiger charge is -2.35. The Balaban J connectivity index is 1.69. The van der Waals surface area contributed by atoms with Gasteiger partial charge in [-0.05, 0) is 52.6 Å². The average molecular weight is 267 g/mol. The molecule has 0 atom stereocenters. The first-order valence-corrected chi connectivity index (χ1v) is 7.87. The average Bonchev–Trinajstić information content (AvgIpc) is 2.92. The zero-order chi connectivity index (χ0) is 13.7. The smallest absolute Gasteiger partial charge is 0.315 e. The predicted octanol–water partition coefficient (Wildman–Crippen LogP) is 2.49. The minimum atomic E-state index is 0.0131. The molecule has 19 heavy (non-hydrogen) atoms. The molecule has 0 radical (unpaired) electrons. The number of rotatable bonds is 4. The van der Waals surface area contributed by atoms with Gasteiger partial charge in [-0.25, -0.2) is 4.79 Å². The summed E-state index contributed by atoms with van der Waals surface area (Å²) >= 11 is 0. The van der Waals surface area contributed by atoms with Gasteiger partial charge in [-0.15, -0.1) is 0 Å². The molecule has 1 aliphatic carbocycles. The first-order chi connectivity index (χ1) is 9.08. The summed E-state index contributed by atoms with van der Waals surface area (Å²) in [5.41, 5.74) is 0.0698. The molecule has 1 saturated heterocycles. The van der Waals surface area contributed by atoms with Gasteiger partial charge in [0.25, 0.3) is 0 Å². The van der Waals surface area contributed by atoms with E-state index in [9.17, 15) is 4.79 Å². The third-order valence-electron chi connectivity index (χ3n) is 4.58. The molecule has 2 aliphatic rings. The van der Waals surface area contributed by atoms with Crippen LogP contribution in [0.2, 0.25) is 0 Å². The Labute approximate surface area is 117 Å². The predicted molar refractivity (Wildman–Crippen MR) is 78.3 cm³/mol. The molecule has 2 N–H and O–H groups in total. The third-order valence-corrected chi connectivity index (χ3v) is 4.58. The molecule has 2 rings (SSSR count). The standard InChI is InChI=1S/C15H29N3O/c1-15(2,18-10-6-7-11-18)12-16-14(19)17-13-8-4-3-5-9-13/h13H,3-12H2,1-2H3,(H2,16,17,19). The van der Waals surface area contributed by atoms with Crippen LogP contribution in [-0.2, 0) is 0 Å². The van der Waals surface area contributed by atoms with E-state index in [0.29, 0.717) is 6.04 Å². The van der Waals surface area contributed by atoms with Gasteiger partial charge in [-0.2, -0.15) is 0 Å². The summed E-state index contributed by atoms with van der Waals surface area (Å²) in [5, 5.41) is 6.17. The Hall–Kier alpha value is -0.770. The van der Waals surface area contributed by atoms with Crippen LogP contribution >= 0.6 is 0 Å². The van der Waals surface area contributed by atoms with Crippen LogP contribution in [0.3, 0.4) is 0 Å². The monoisotopic (exact) mass is 267 g/mol. The lowest BCUT2D eigenvalue weighted by Crippen LogP contribution is -2.53. The van der Waals surface area contributed by atoms with E-state index in [1.54, 1.807) is 0 Å². The molecule has 0 aromatic heterocycles. The minimum absolute atomic E-state index is 0.0131. The van der Waals surface area contributed by atoms with Crippen molar-refractivity contribution < 1.29 is 4.79 Å². The van der Waals surface area contributed by atoms with Gasteiger partial charge in [-0.3, -0.25) is 4.90 Å². The summed E-state index contributed by atoms with van der Waals surface area (Å²) in [5.74, 6) is 0. The minimum Gasteiger partial charge on any atom is -0.336 e. The van der Waals surface area contributed by atoms with Crippen molar-refractivity contribution >= 4 is 6.03 Å². The first-order valence-electron chi connectivity index (χ1n) is 7.87. The fourth-order valence-electron chi connectivity index (χ4n) is 3.21. The summed E-state index contributed by atoms with van der Waals surface area (Å²) in [6.45, 7) is 7.50. The zero-order valence-corrected chi connectivity index (χ0v) is 12.5. The van der Waals surface area contributed by atoms with E-state index in [2.05, 4.69) is 29.4 Å². The van der Waals surface area contributed by atoms with E-state index in [0.717, 1.165) is 19.4 Å². The third kappa shape index (κ3) is 4.37. The second kappa shape index (κ2) is 6.60. The van der Waals surface area contributed by atoms with Crippen LogP contribution in [0, 0.1) is 0 Å². The molecule has 1 saturated carbocycles. The number of likely N-dealkylation sites (tertiary alicyclic amines) is 1. The molecule has 0 unspecified atom stereocenters. The fourth-order valence-corrected chi connectivity index (χ4v) is 3.21. The molecule has 0 bridgehead atoms. The molecule has 4 heteroatoms. The van der Waals surface area contributed by atoms with Crippen molar-refractivity contribution in [1.29, 1.82) is 0 Å². The van der Waals surface area contributed by atoms with Crippen molar-refractivity contribution in [1.82, 2.24) is 15.5 Å². The van der Waals surface area contributed by atoms with E-state index < -0.39 is 0 Å². The van der Waals surface area contributed by atoms with Gasteiger partial charge in [0.05, 0.1) is 0 Å². The quantitative estimate of drug-likeness (QED) is 0.822. The summed E-state index contributed by atoms with van der Waals surface area (Å²) < 4.78 is 0. The number of nitrogens with one attached hydrogen (secondary N) is 2. The van der Waals surface area contributed by atoms with Gasteiger partial charge < -0.3 is 10.6 Å². The van der Waals surface area contributed by atoms with Crippen molar-refractivity contribution in [2.45, 2.75) is 70.4 Å². The van der Waals surface area contributed by atoms with Crippen molar-refractivity contribution in [2.75, 3.05) is 19.6 Å². The van der Waals surface area contributed by atoms with Gasteiger partial charge in [0.1, 0.15) is 0 Å². The Morgan fingerprint density at radius 2 is 1.74 bits per heavy atom. The maximum absolute atomic E-state index is 11.9. The number of hydrogen-bond acceptors (Lipinski definition) is 2. The highest BCUT2D eigenvalue weighted by Crippen LogP contribution is 2.20. The molecule has 1 aliphatic heterocycles. The molecular weight excluding hydrogens is 238 g/mol. The normalized spacial score (nSPS) is 22.4. The van der Waals surface area contributed by atoms with Crippen LogP contribution in [0.5, 0.6) is 0 Å². The summed E-state index contributed by atoms with van der Waals surface area (Å²) in [4.78, 5) is 14.4. The van der Waals surface area contributed by atoms with E-state index >= 15 is 0 Å². The molecule has 0 spiro atoms. The second-order valence-corrected chi connectivity index (χ2v) is 6.67. The Morgan fingerprint density at radius 1 is 1.11 bits per heavy atom. The van der Waals surface area contributed by atoms with Crippen LogP contribution in [0.15, 0.2) is 0 Å². The SMILES string of the molecule is CC(C)(CNC(=O)NC1CCCCC1)N1CCCC1. The lowest BCUT2D eigenvalue weighted by atomic mass is 9.96. The largest absolute Gasteiger partial charge is 0.336 e. The van der Waals surface area contributed by atoms with E-state index in [1.807, 2.05) is 0 Å². The van der Waals surface area contributed by atoms with Crippen molar-refractivity contribution in [2.24, 2.45) is 0 Å². The molecule has 0 aromatic rings. The Morgan fingerprint density at radius 3 is 2.37 bits per heavy atom. The maximum Gasteiger partial charge on any atom is 0.315 e. The van der Waals surface area contributed by atoms with Crippen LogP contribution in [0.1, 0.15) is 58.8 Å². The number of amides is 2. The second-order valence-electron chi connectivity index (χ2n) is 6.67. The van der Waals surface area contributed by atoms with E-state index in [-0.39, 0.29) is 11.6 Å². The highest BCUT2D eigenvalue weighted by atomic mass is 16.2. The van der Waals surface area contributed by atoms with E-state index in [4.69, 9.17) is 0 Å². The number of carbonyl (C=O) groups is 1. The number of urea groups is 1. The zero-order valence-electron chi connectivity index (χ0n) is 12.5. The van der Waals surface area contributed by atoms with Crippen LogP contribution in [-0.4, -0.2) is 42.1 Å². The summed E-state index contributed by atoms with van der Waals surface area (Å²) in [6.07, 6.45) is 8.69. The number of hydrogen-bond donors (Lipinski definition) is 2. The molecule has 4 nitrogen and oxygen atoms in total. The van der Waals surface area contributed by atoms with Crippen molar-refractivity contribution in [3.05, 3.63) is 0 Å². The molecule has 1 heterocycles. The van der Waals surface area contributed by atoms with Crippen LogP contribution in [0.25, 0.3) is 0 Å². The molecule has 2 fully saturated rings. The number of nitrogens with zero attached hydrogens (tertiary/aromatic N) is 1. The Kier molecular flexibility index (Phi) is 5.08. The summed E-state index contributed by atoms with van der Waals surface area (Å²) in [6, 6.07) is 0.405. The fraction of sp³-hybridized carbons (Fsp3) is 0.933. The number of carbonyl (C=O) groups excluding carboxylic acids is 1. The summed E-state index contributed by atoms with van der Waals surface area (Å²) in [7, 11) is 0. The first kappa shape index (κ1) is 14.6. The van der Waals surface area contributed by atoms with Gasteiger partial charge >= 0.3 is 6.03 Å². The lowest BCUT2D eigenvalue weighted by molar-refractivity contribution is 0.151. The highest BCUT2D eigenvalue weighted by molar-refractivity contribution is 5.74. The molecule has 110 valence electrons. The van der Waals surface area contributed by atoms with Gasteiger partial charge in [0, 0.05) is 18.1 Å². The topological polar surface area (TPSA) is 44.4 Å². The Bertz CT molecular complexity index is 292. The maximum atomic E-state index is 11.9. The van der Waals surface area contributed by atoms with Crippen molar-refractivity contribution in [3.63, 3.8) is 0 Å².